The molecule has 1 N–H and O–H groups in total. The number of hydrogen-bond donors (Lipinski definition) is 1. The second-order valence-electron chi connectivity index (χ2n) is 7.23. The quantitative estimate of drug-likeness (QED) is 0.763. The molecule has 0 aliphatic carbocycles. The van der Waals surface area contributed by atoms with Gasteiger partial charge in [-0.25, -0.2) is 4.79 Å². The van der Waals surface area contributed by atoms with Crippen LogP contribution in [0.2, 0.25) is 0 Å². The fourth-order valence-corrected chi connectivity index (χ4v) is 5.82. The lowest BCUT2D eigenvalue weighted by molar-refractivity contribution is -0.150. The lowest BCUT2D eigenvalue weighted by atomic mass is 10.0. The molecule has 1 fully saturated rings. The number of hydrogen-bond acceptors (Lipinski definition) is 5. The van der Waals surface area contributed by atoms with Gasteiger partial charge in [-0.3, -0.25) is 19.3 Å². The molecule has 1 saturated heterocycles. The van der Waals surface area contributed by atoms with Gasteiger partial charge in [0.1, 0.15) is 17.5 Å². The number of nitrogens with zero attached hydrogens (tertiary/aromatic N) is 2. The molecule has 0 bridgehead atoms. The number of carboxylic acids is 1. The van der Waals surface area contributed by atoms with Gasteiger partial charge >= 0.3 is 5.97 Å². The van der Waals surface area contributed by atoms with Crippen molar-refractivity contribution in [1.29, 1.82) is 0 Å². The number of fused-ring (bicyclic) bond motifs is 4. The van der Waals surface area contributed by atoms with Crippen molar-refractivity contribution in [2.45, 2.75) is 23.9 Å². The van der Waals surface area contributed by atoms with Crippen molar-refractivity contribution < 1.29 is 24.3 Å². The zero-order chi connectivity index (χ0) is 20.3. The van der Waals surface area contributed by atoms with E-state index in [0.717, 1.165) is 16.0 Å². The van der Waals surface area contributed by atoms with Gasteiger partial charge in [-0.2, -0.15) is 0 Å². The van der Waals surface area contributed by atoms with Crippen molar-refractivity contribution in [3.05, 3.63) is 70.8 Å². The number of carboxylic acid groups (broad SMARTS) is 1. The highest BCUT2D eigenvalue weighted by Crippen LogP contribution is 2.46. The molecule has 0 spiro atoms. The highest BCUT2D eigenvalue weighted by atomic mass is 32.2. The Hall–Kier alpha value is -3.13. The average molecular weight is 408 g/mol. The zero-order valence-corrected chi connectivity index (χ0v) is 16.0. The smallest absolute Gasteiger partial charge is 0.327 e. The summed E-state index contributed by atoms with van der Waals surface area (Å²) in [6, 6.07) is 11.8. The van der Waals surface area contributed by atoms with Crippen LogP contribution in [0.1, 0.15) is 37.2 Å². The Bertz CT molecular complexity index is 1050. The summed E-state index contributed by atoms with van der Waals surface area (Å²) in [5.74, 6) is -2.36. The highest BCUT2D eigenvalue weighted by molar-refractivity contribution is 7.99. The molecule has 7 nitrogen and oxygen atoms in total. The molecule has 3 aliphatic rings. The maximum absolute atomic E-state index is 13.5. The monoisotopic (exact) mass is 408 g/mol. The van der Waals surface area contributed by atoms with Crippen molar-refractivity contribution in [3.8, 4) is 0 Å². The number of rotatable bonds is 2. The lowest BCUT2D eigenvalue weighted by Gasteiger charge is -2.31. The summed E-state index contributed by atoms with van der Waals surface area (Å²) in [5.41, 5.74) is 2.23. The SMILES string of the molecule is O=C(O)[C@@H]1CSC2c3ccccc3CC(N3C(=O)c4ccccc4C3=O)C(=O)N21. The third kappa shape index (κ3) is 2.52. The Kier molecular flexibility index (Phi) is 3.99. The first kappa shape index (κ1) is 17.9. The van der Waals surface area contributed by atoms with Crippen molar-refractivity contribution in [2.24, 2.45) is 0 Å². The van der Waals surface area contributed by atoms with Gasteiger partial charge in [0.25, 0.3) is 11.8 Å². The molecule has 5 rings (SSSR count). The summed E-state index contributed by atoms with van der Waals surface area (Å²) in [6.45, 7) is 0. The molecule has 0 saturated carbocycles. The number of carbonyl (C=O) groups is 4. The molecule has 0 radical (unpaired) electrons. The van der Waals surface area contributed by atoms with E-state index >= 15 is 0 Å². The van der Waals surface area contributed by atoms with Crippen LogP contribution in [0.4, 0.5) is 0 Å². The maximum atomic E-state index is 13.5. The second-order valence-corrected chi connectivity index (χ2v) is 8.34. The molecule has 3 aliphatic heterocycles. The first-order chi connectivity index (χ1) is 14.0. The number of carbonyl (C=O) groups excluding carboxylic acids is 3. The van der Waals surface area contributed by atoms with E-state index in [1.807, 2.05) is 24.3 Å². The van der Waals surface area contributed by atoms with Crippen molar-refractivity contribution in [1.82, 2.24) is 9.80 Å². The molecule has 2 unspecified atom stereocenters. The predicted octanol–water partition coefficient (Wildman–Crippen LogP) is 1.93. The lowest BCUT2D eigenvalue weighted by Crippen LogP contribution is -2.54. The summed E-state index contributed by atoms with van der Waals surface area (Å²) in [7, 11) is 0. The molecule has 0 aromatic heterocycles. The summed E-state index contributed by atoms with van der Waals surface area (Å²) in [4.78, 5) is 53.7. The van der Waals surface area contributed by atoms with Crippen LogP contribution in [-0.4, -0.2) is 56.4 Å². The normalized spacial score (nSPS) is 25.5. The van der Waals surface area contributed by atoms with Gasteiger partial charge in [0.15, 0.2) is 0 Å². The number of thioether (sulfide) groups is 1. The number of amides is 3. The van der Waals surface area contributed by atoms with Gasteiger partial charge in [0.2, 0.25) is 5.91 Å². The Morgan fingerprint density at radius 2 is 1.59 bits per heavy atom. The van der Waals surface area contributed by atoms with Crippen LogP contribution in [0.5, 0.6) is 0 Å². The van der Waals surface area contributed by atoms with Crippen LogP contribution in [0.15, 0.2) is 48.5 Å². The van der Waals surface area contributed by atoms with Crippen LogP contribution >= 0.6 is 11.8 Å². The summed E-state index contributed by atoms with van der Waals surface area (Å²) >= 11 is 1.39. The molecule has 3 atom stereocenters. The van der Waals surface area contributed by atoms with Crippen LogP contribution in [0, 0.1) is 0 Å². The summed E-state index contributed by atoms with van der Waals surface area (Å²) < 4.78 is 0. The molecule has 8 heteroatoms. The molecule has 3 amide bonds. The molecule has 3 heterocycles. The third-order valence-corrected chi connectivity index (χ3v) is 7.00. The minimum atomic E-state index is -1.09. The number of benzene rings is 2. The first-order valence-corrected chi connectivity index (χ1v) is 10.2. The van der Waals surface area contributed by atoms with Gasteiger partial charge in [-0.15, -0.1) is 11.8 Å². The Morgan fingerprint density at radius 3 is 2.24 bits per heavy atom. The van der Waals surface area contributed by atoms with Gasteiger partial charge in [0, 0.05) is 12.2 Å². The zero-order valence-electron chi connectivity index (χ0n) is 15.1. The van der Waals surface area contributed by atoms with Gasteiger partial charge in [-0.1, -0.05) is 36.4 Å². The van der Waals surface area contributed by atoms with E-state index in [9.17, 15) is 24.3 Å². The van der Waals surface area contributed by atoms with Crippen LogP contribution in [-0.2, 0) is 16.0 Å². The molecule has 146 valence electrons. The second kappa shape index (κ2) is 6.45. The van der Waals surface area contributed by atoms with E-state index in [2.05, 4.69) is 0 Å². The van der Waals surface area contributed by atoms with E-state index in [0.29, 0.717) is 0 Å². The van der Waals surface area contributed by atoms with Gasteiger partial charge in [0.05, 0.1) is 11.1 Å². The Balaban J connectivity index is 1.63. The fourth-order valence-electron chi connectivity index (χ4n) is 4.33. The van der Waals surface area contributed by atoms with Gasteiger partial charge in [-0.05, 0) is 23.3 Å². The van der Waals surface area contributed by atoms with Crippen LogP contribution < -0.4 is 0 Å². The summed E-state index contributed by atoms with van der Waals surface area (Å²) in [5, 5.41) is 9.21. The van der Waals surface area contributed by atoms with E-state index in [4.69, 9.17) is 0 Å². The average Bonchev–Trinajstić information content (AvgIpc) is 3.24. The van der Waals surface area contributed by atoms with Crippen LogP contribution in [0.25, 0.3) is 0 Å². The van der Waals surface area contributed by atoms with Crippen molar-refractivity contribution in [2.75, 3.05) is 5.75 Å². The molecule has 29 heavy (non-hydrogen) atoms. The van der Waals surface area contributed by atoms with Crippen molar-refractivity contribution in [3.63, 3.8) is 0 Å². The Labute approximate surface area is 170 Å². The van der Waals surface area contributed by atoms with Gasteiger partial charge < -0.3 is 10.0 Å². The Morgan fingerprint density at radius 1 is 0.966 bits per heavy atom. The summed E-state index contributed by atoms with van der Waals surface area (Å²) in [6.07, 6.45) is 0.167. The van der Waals surface area contributed by atoms with Crippen LogP contribution in [0.3, 0.4) is 0 Å². The molecular formula is C21H16N2O5S. The number of aliphatic carboxylic acids is 1. The van der Waals surface area contributed by atoms with E-state index in [1.165, 1.54) is 16.7 Å². The highest BCUT2D eigenvalue weighted by Gasteiger charge is 2.51. The fraction of sp³-hybridized carbons (Fsp3) is 0.238. The van der Waals surface area contributed by atoms with Crippen molar-refractivity contribution >= 4 is 35.5 Å². The minimum Gasteiger partial charge on any atom is -0.480 e. The third-order valence-electron chi connectivity index (χ3n) is 5.70. The van der Waals surface area contributed by atoms with E-state index in [-0.39, 0.29) is 23.3 Å². The largest absolute Gasteiger partial charge is 0.480 e. The molecular weight excluding hydrogens is 392 g/mol. The standard InChI is InChI=1S/C21H16N2O5S/c24-17-13-7-3-4-8-14(13)18(25)22(17)15-9-11-5-1-2-6-12(11)20-23(19(15)26)16(10-29-20)21(27)28/h1-8,15-16,20H,9-10H2,(H,27,28)/t15?,16-,20?/m0/s1. The minimum absolute atomic E-state index is 0.167. The van der Waals surface area contributed by atoms with E-state index in [1.54, 1.807) is 24.3 Å². The maximum Gasteiger partial charge on any atom is 0.327 e. The molecule has 2 aromatic rings. The van der Waals surface area contributed by atoms with E-state index < -0.39 is 41.1 Å². The topological polar surface area (TPSA) is 95.0 Å². The molecule has 2 aromatic carbocycles. The predicted molar refractivity (Wildman–Crippen MR) is 104 cm³/mol. The number of imide groups is 1. The first-order valence-electron chi connectivity index (χ1n) is 9.20.